The van der Waals surface area contributed by atoms with Crippen molar-refractivity contribution >= 4 is 32.2 Å². The van der Waals surface area contributed by atoms with Crippen molar-refractivity contribution in [2.45, 2.75) is 42.9 Å². The standard InChI is InChI=1S/C16H19N3O3S2/c1-24(21,22)13-9-7-11(8-10-13)14(20)17-16-19-18-15(23-16)12-5-3-2-4-6-12/h7-10,12H,2-6H2,1H3,(H,17,19,20). The molecule has 128 valence electrons. The zero-order valence-electron chi connectivity index (χ0n) is 13.4. The van der Waals surface area contributed by atoms with Gasteiger partial charge in [-0.3, -0.25) is 10.1 Å². The van der Waals surface area contributed by atoms with Crippen LogP contribution >= 0.6 is 11.3 Å². The molecule has 1 amide bonds. The number of carbonyl (C=O) groups is 1. The number of aromatic nitrogens is 2. The molecule has 3 rings (SSSR count). The highest BCUT2D eigenvalue weighted by atomic mass is 32.2. The molecule has 0 saturated heterocycles. The largest absolute Gasteiger partial charge is 0.296 e. The van der Waals surface area contributed by atoms with Crippen molar-refractivity contribution in [3.63, 3.8) is 0 Å². The Bertz CT molecular complexity index is 823. The first-order valence-electron chi connectivity index (χ1n) is 7.88. The van der Waals surface area contributed by atoms with Gasteiger partial charge in [-0.2, -0.15) is 0 Å². The fraction of sp³-hybridized carbons (Fsp3) is 0.438. The van der Waals surface area contributed by atoms with Crippen LogP contribution in [-0.2, 0) is 9.84 Å². The van der Waals surface area contributed by atoms with E-state index in [9.17, 15) is 13.2 Å². The summed E-state index contributed by atoms with van der Waals surface area (Å²) in [4.78, 5) is 12.4. The zero-order valence-corrected chi connectivity index (χ0v) is 15.0. The van der Waals surface area contributed by atoms with E-state index in [4.69, 9.17) is 0 Å². The van der Waals surface area contributed by atoms with E-state index in [-0.39, 0.29) is 10.8 Å². The lowest BCUT2D eigenvalue weighted by Gasteiger charge is -2.18. The van der Waals surface area contributed by atoms with Crippen LogP contribution in [0.15, 0.2) is 29.2 Å². The van der Waals surface area contributed by atoms with Crippen LogP contribution in [0.1, 0.15) is 53.4 Å². The Balaban J connectivity index is 1.67. The zero-order chi connectivity index (χ0) is 17.2. The van der Waals surface area contributed by atoms with E-state index in [1.807, 2.05) is 0 Å². The average Bonchev–Trinajstić information content (AvgIpc) is 3.03. The Hall–Kier alpha value is -1.80. The lowest BCUT2D eigenvalue weighted by molar-refractivity contribution is 0.102. The van der Waals surface area contributed by atoms with Gasteiger partial charge in [-0.15, -0.1) is 10.2 Å². The van der Waals surface area contributed by atoms with Gasteiger partial charge in [0.05, 0.1) is 4.90 Å². The maximum absolute atomic E-state index is 12.2. The third kappa shape index (κ3) is 3.99. The summed E-state index contributed by atoms with van der Waals surface area (Å²) in [7, 11) is -3.27. The van der Waals surface area contributed by atoms with Gasteiger partial charge in [0, 0.05) is 17.7 Å². The molecule has 0 unspecified atom stereocenters. The van der Waals surface area contributed by atoms with Gasteiger partial charge in [-0.25, -0.2) is 8.42 Å². The summed E-state index contributed by atoms with van der Waals surface area (Å²) in [5.41, 5.74) is 0.386. The number of hydrogen-bond acceptors (Lipinski definition) is 6. The van der Waals surface area contributed by atoms with E-state index in [1.165, 1.54) is 54.9 Å². The van der Waals surface area contributed by atoms with Gasteiger partial charge in [-0.1, -0.05) is 30.6 Å². The quantitative estimate of drug-likeness (QED) is 0.898. The first kappa shape index (κ1) is 17.0. The van der Waals surface area contributed by atoms with Gasteiger partial charge in [0.15, 0.2) is 9.84 Å². The van der Waals surface area contributed by atoms with E-state index >= 15 is 0 Å². The molecule has 1 aliphatic rings. The molecule has 1 aromatic heterocycles. The normalized spacial score (nSPS) is 16.0. The van der Waals surface area contributed by atoms with Crippen molar-refractivity contribution in [1.29, 1.82) is 0 Å². The maximum atomic E-state index is 12.2. The Morgan fingerprint density at radius 1 is 1.12 bits per heavy atom. The summed E-state index contributed by atoms with van der Waals surface area (Å²) in [6, 6.07) is 5.85. The topological polar surface area (TPSA) is 89.0 Å². The number of nitrogens with zero attached hydrogens (tertiary/aromatic N) is 2. The molecule has 1 aromatic carbocycles. The smallest absolute Gasteiger partial charge is 0.257 e. The molecule has 0 radical (unpaired) electrons. The monoisotopic (exact) mass is 365 g/mol. The molecule has 2 aromatic rings. The van der Waals surface area contributed by atoms with Gasteiger partial charge in [0.1, 0.15) is 5.01 Å². The second kappa shape index (κ2) is 6.98. The molecule has 0 atom stereocenters. The molecular formula is C16H19N3O3S2. The molecule has 1 fully saturated rings. The fourth-order valence-electron chi connectivity index (χ4n) is 2.82. The van der Waals surface area contributed by atoms with Crippen molar-refractivity contribution in [3.05, 3.63) is 34.8 Å². The summed E-state index contributed by atoms with van der Waals surface area (Å²) in [5, 5.41) is 12.5. The maximum Gasteiger partial charge on any atom is 0.257 e. The molecule has 8 heteroatoms. The highest BCUT2D eigenvalue weighted by Gasteiger charge is 2.20. The van der Waals surface area contributed by atoms with Gasteiger partial charge >= 0.3 is 0 Å². The Morgan fingerprint density at radius 2 is 1.79 bits per heavy atom. The minimum atomic E-state index is -3.27. The van der Waals surface area contributed by atoms with E-state index in [2.05, 4.69) is 15.5 Å². The summed E-state index contributed by atoms with van der Waals surface area (Å²) in [6.07, 6.45) is 7.13. The van der Waals surface area contributed by atoms with Crippen LogP contribution < -0.4 is 5.32 Å². The van der Waals surface area contributed by atoms with Crippen molar-refractivity contribution in [3.8, 4) is 0 Å². The highest BCUT2D eigenvalue weighted by Crippen LogP contribution is 2.35. The molecule has 1 aliphatic carbocycles. The van der Waals surface area contributed by atoms with E-state index < -0.39 is 9.84 Å². The predicted octanol–water partition coefficient (Wildman–Crippen LogP) is 3.24. The minimum Gasteiger partial charge on any atom is -0.296 e. The SMILES string of the molecule is CS(=O)(=O)c1ccc(C(=O)Nc2nnc(C3CCCCC3)s2)cc1. The molecule has 0 bridgehead atoms. The lowest BCUT2D eigenvalue weighted by atomic mass is 9.90. The molecule has 1 heterocycles. The molecule has 0 aliphatic heterocycles. The van der Waals surface area contributed by atoms with E-state index in [0.29, 0.717) is 16.6 Å². The third-order valence-electron chi connectivity index (χ3n) is 4.16. The third-order valence-corrected chi connectivity index (χ3v) is 6.29. The molecule has 6 nitrogen and oxygen atoms in total. The summed E-state index contributed by atoms with van der Waals surface area (Å²) in [6.45, 7) is 0. The Labute approximate surface area is 145 Å². The molecule has 0 spiro atoms. The minimum absolute atomic E-state index is 0.189. The summed E-state index contributed by atoms with van der Waals surface area (Å²) in [5.74, 6) is 0.136. The Kier molecular flexibility index (Phi) is 4.96. The number of anilines is 1. The van der Waals surface area contributed by atoms with Crippen LogP contribution in [0.25, 0.3) is 0 Å². The molecular weight excluding hydrogens is 346 g/mol. The number of benzene rings is 1. The number of nitrogens with one attached hydrogen (secondary N) is 1. The average molecular weight is 365 g/mol. The van der Waals surface area contributed by atoms with Crippen LogP contribution in [0.4, 0.5) is 5.13 Å². The van der Waals surface area contributed by atoms with Crippen LogP contribution in [-0.4, -0.2) is 30.8 Å². The molecule has 1 saturated carbocycles. The fourth-order valence-corrected chi connectivity index (χ4v) is 4.36. The second-order valence-corrected chi connectivity index (χ2v) is 9.06. The van der Waals surface area contributed by atoms with Crippen LogP contribution in [0.3, 0.4) is 0 Å². The van der Waals surface area contributed by atoms with Crippen LogP contribution in [0.2, 0.25) is 0 Å². The number of hydrogen-bond donors (Lipinski definition) is 1. The summed E-state index contributed by atoms with van der Waals surface area (Å²) < 4.78 is 22.9. The van der Waals surface area contributed by atoms with Crippen molar-refractivity contribution in [1.82, 2.24) is 10.2 Å². The van der Waals surface area contributed by atoms with Crippen molar-refractivity contribution < 1.29 is 13.2 Å². The van der Waals surface area contributed by atoms with Crippen LogP contribution in [0.5, 0.6) is 0 Å². The first-order valence-corrected chi connectivity index (χ1v) is 10.6. The van der Waals surface area contributed by atoms with Gasteiger partial charge in [0.2, 0.25) is 5.13 Å². The Morgan fingerprint density at radius 3 is 2.42 bits per heavy atom. The van der Waals surface area contributed by atoms with E-state index in [1.54, 1.807) is 0 Å². The lowest BCUT2D eigenvalue weighted by Crippen LogP contribution is -2.12. The van der Waals surface area contributed by atoms with Crippen LogP contribution in [0, 0.1) is 0 Å². The van der Waals surface area contributed by atoms with Crippen molar-refractivity contribution in [2.75, 3.05) is 11.6 Å². The van der Waals surface area contributed by atoms with Gasteiger partial charge in [0.25, 0.3) is 5.91 Å². The number of sulfone groups is 1. The number of amides is 1. The summed E-state index contributed by atoms with van der Waals surface area (Å²) >= 11 is 1.42. The predicted molar refractivity (Wildman–Crippen MR) is 93.2 cm³/mol. The highest BCUT2D eigenvalue weighted by molar-refractivity contribution is 7.90. The van der Waals surface area contributed by atoms with Gasteiger partial charge < -0.3 is 0 Å². The first-order chi connectivity index (χ1) is 11.4. The molecule has 24 heavy (non-hydrogen) atoms. The second-order valence-electron chi connectivity index (χ2n) is 6.03. The molecule has 1 N–H and O–H groups in total. The van der Waals surface area contributed by atoms with E-state index in [0.717, 1.165) is 24.1 Å². The van der Waals surface area contributed by atoms with Gasteiger partial charge in [-0.05, 0) is 37.1 Å². The number of carbonyl (C=O) groups excluding carboxylic acids is 1. The number of rotatable bonds is 4. The van der Waals surface area contributed by atoms with Crippen molar-refractivity contribution in [2.24, 2.45) is 0 Å².